The van der Waals surface area contributed by atoms with Gasteiger partial charge < -0.3 is 20.2 Å². The van der Waals surface area contributed by atoms with Gasteiger partial charge in [0, 0.05) is 6.61 Å². The first-order chi connectivity index (χ1) is 3.06. The average Bonchev–Trinajstić information content (AvgIpc) is 1.30. The molecule has 0 aromatic carbocycles. The topological polar surface area (TPSA) is 69.9 Å². The standard InChI is InChI=1S/C2H8O4Si.K.H/c1-2-6-7(3,4)5;;/h3-5H,2H2,1H3;;/q;+1;-1. The first-order valence-electron chi connectivity index (χ1n) is 1.87. The van der Waals surface area contributed by atoms with E-state index in [9.17, 15) is 0 Å². The zero-order chi connectivity index (χ0) is 5.91. The second-order valence-corrected chi connectivity index (χ2v) is 2.44. The Labute approximate surface area is 92.9 Å². The summed E-state index contributed by atoms with van der Waals surface area (Å²) in [6, 6.07) is 0. The smallest absolute Gasteiger partial charge is 1.00 e. The van der Waals surface area contributed by atoms with Crippen LogP contribution in [0.5, 0.6) is 0 Å². The van der Waals surface area contributed by atoms with Gasteiger partial charge in [-0.2, -0.15) is 0 Å². The van der Waals surface area contributed by atoms with Crippen molar-refractivity contribution in [1.82, 2.24) is 0 Å². The van der Waals surface area contributed by atoms with Crippen LogP contribution in [-0.4, -0.2) is 30.0 Å². The van der Waals surface area contributed by atoms with Crippen molar-refractivity contribution in [3.05, 3.63) is 0 Å². The quantitative estimate of drug-likeness (QED) is 0.360. The summed E-state index contributed by atoms with van der Waals surface area (Å²) in [5, 5.41) is 0. The fraction of sp³-hybridized carbons (Fsp3) is 1.00. The van der Waals surface area contributed by atoms with E-state index < -0.39 is 9.05 Å². The molecule has 0 aliphatic rings. The van der Waals surface area contributed by atoms with Crippen LogP contribution in [0.1, 0.15) is 8.35 Å². The van der Waals surface area contributed by atoms with Gasteiger partial charge in [-0.1, -0.05) is 0 Å². The Morgan fingerprint density at radius 1 is 1.50 bits per heavy atom. The van der Waals surface area contributed by atoms with E-state index in [0.717, 1.165) is 0 Å². The largest absolute Gasteiger partial charge is 1.00 e. The second-order valence-electron chi connectivity index (χ2n) is 1.01. The summed E-state index contributed by atoms with van der Waals surface area (Å²) in [5.41, 5.74) is 0. The van der Waals surface area contributed by atoms with Crippen LogP contribution < -0.4 is 51.4 Å². The van der Waals surface area contributed by atoms with Gasteiger partial charge in [0.2, 0.25) is 0 Å². The molecule has 0 radical (unpaired) electrons. The van der Waals surface area contributed by atoms with Gasteiger partial charge in [0.1, 0.15) is 0 Å². The van der Waals surface area contributed by atoms with Gasteiger partial charge in [-0.25, -0.2) is 0 Å². The summed E-state index contributed by atoms with van der Waals surface area (Å²) < 4.78 is 4.03. The maximum absolute atomic E-state index is 8.05. The van der Waals surface area contributed by atoms with Crippen molar-refractivity contribution in [2.24, 2.45) is 0 Å². The van der Waals surface area contributed by atoms with Crippen molar-refractivity contribution < 1.29 is 71.6 Å². The Kier molecular flexibility index (Phi) is 8.47. The van der Waals surface area contributed by atoms with Gasteiger partial charge in [0.05, 0.1) is 0 Å². The van der Waals surface area contributed by atoms with Crippen LogP contribution in [0.15, 0.2) is 0 Å². The van der Waals surface area contributed by atoms with Crippen molar-refractivity contribution >= 4 is 9.05 Å². The molecule has 4 nitrogen and oxygen atoms in total. The zero-order valence-electron chi connectivity index (χ0n) is 5.96. The summed E-state index contributed by atoms with van der Waals surface area (Å²) in [5.74, 6) is 0. The van der Waals surface area contributed by atoms with E-state index in [-0.39, 0.29) is 59.4 Å². The molecule has 46 valence electrons. The number of hydrogen-bond donors (Lipinski definition) is 3. The Morgan fingerprint density at radius 2 is 1.88 bits per heavy atom. The van der Waals surface area contributed by atoms with Crippen molar-refractivity contribution in [3.63, 3.8) is 0 Å². The number of hydrogen-bond acceptors (Lipinski definition) is 4. The molecule has 0 fully saturated rings. The minimum Gasteiger partial charge on any atom is -1.00 e. The summed E-state index contributed by atoms with van der Waals surface area (Å²) in [6.45, 7) is 1.68. The van der Waals surface area contributed by atoms with E-state index in [1.165, 1.54) is 0 Å². The van der Waals surface area contributed by atoms with Crippen molar-refractivity contribution in [2.45, 2.75) is 6.92 Å². The van der Waals surface area contributed by atoms with E-state index in [0.29, 0.717) is 0 Å². The fourth-order valence-corrected chi connectivity index (χ4v) is 0.581. The van der Waals surface area contributed by atoms with E-state index in [2.05, 4.69) is 4.43 Å². The molecule has 0 unspecified atom stereocenters. The SMILES string of the molecule is CCO[Si](O)(O)O.[H-].[K+]. The molecule has 0 saturated heterocycles. The second kappa shape index (κ2) is 5.48. The maximum Gasteiger partial charge on any atom is 1.00 e. The van der Waals surface area contributed by atoms with Crippen LogP contribution in [0.2, 0.25) is 0 Å². The normalized spacial score (nSPS) is 10.5. The van der Waals surface area contributed by atoms with Gasteiger partial charge >= 0.3 is 60.4 Å². The van der Waals surface area contributed by atoms with Crippen molar-refractivity contribution in [3.8, 4) is 0 Å². The zero-order valence-corrected chi connectivity index (χ0v) is 9.08. The average molecular weight is 164 g/mol. The monoisotopic (exact) mass is 164 g/mol. The molecule has 6 heteroatoms. The molecule has 0 bridgehead atoms. The Hall–Kier alpha value is 1.69. The first-order valence-corrected chi connectivity index (χ1v) is 3.62. The maximum atomic E-state index is 8.05. The molecule has 0 saturated carbocycles. The number of rotatable bonds is 2. The predicted octanol–water partition coefficient (Wildman–Crippen LogP) is -4.45. The molecule has 0 aliphatic heterocycles. The summed E-state index contributed by atoms with van der Waals surface area (Å²) in [4.78, 5) is 24.1. The van der Waals surface area contributed by atoms with E-state index in [1.54, 1.807) is 6.92 Å². The van der Waals surface area contributed by atoms with Gasteiger partial charge in [-0.3, -0.25) is 0 Å². The van der Waals surface area contributed by atoms with E-state index in [1.807, 2.05) is 0 Å². The summed E-state index contributed by atoms with van der Waals surface area (Å²) in [6.07, 6.45) is 0. The molecule has 0 aromatic rings. The third kappa shape index (κ3) is 10.6. The Balaban J connectivity index is -0.000000180. The third-order valence-corrected chi connectivity index (χ3v) is 1.01. The Bertz CT molecular complexity index is 57.0. The first kappa shape index (κ1) is 12.4. The van der Waals surface area contributed by atoms with Crippen LogP contribution in [0.4, 0.5) is 0 Å². The molecule has 0 rings (SSSR count). The van der Waals surface area contributed by atoms with Crippen molar-refractivity contribution in [2.75, 3.05) is 6.61 Å². The van der Waals surface area contributed by atoms with Gasteiger partial charge in [-0.05, 0) is 6.92 Å². The molecule has 0 aromatic heterocycles. The minimum absolute atomic E-state index is 0. The van der Waals surface area contributed by atoms with Gasteiger partial charge in [-0.15, -0.1) is 0 Å². The van der Waals surface area contributed by atoms with Crippen LogP contribution >= 0.6 is 0 Å². The van der Waals surface area contributed by atoms with Crippen LogP contribution in [-0.2, 0) is 4.43 Å². The molecule has 0 aliphatic carbocycles. The molecule has 3 N–H and O–H groups in total. The van der Waals surface area contributed by atoms with Crippen LogP contribution in [0.25, 0.3) is 0 Å². The fourth-order valence-electron chi connectivity index (χ4n) is 0.194. The summed E-state index contributed by atoms with van der Waals surface area (Å²) >= 11 is 0. The molecule has 8 heavy (non-hydrogen) atoms. The van der Waals surface area contributed by atoms with Crippen LogP contribution in [0, 0.1) is 0 Å². The molecule has 0 heterocycles. The van der Waals surface area contributed by atoms with Gasteiger partial charge in [0.15, 0.2) is 0 Å². The molecular weight excluding hydrogens is 155 g/mol. The molecule has 0 atom stereocenters. The minimum atomic E-state index is -4.16. The predicted molar refractivity (Wildman–Crippen MR) is 25.1 cm³/mol. The van der Waals surface area contributed by atoms with Crippen LogP contribution in [0.3, 0.4) is 0 Å². The summed E-state index contributed by atoms with van der Waals surface area (Å²) in [7, 11) is -4.16. The Morgan fingerprint density at radius 3 is 1.88 bits per heavy atom. The molecule has 0 amide bonds. The van der Waals surface area contributed by atoms with E-state index >= 15 is 0 Å². The van der Waals surface area contributed by atoms with E-state index in [4.69, 9.17) is 14.4 Å². The third-order valence-electron chi connectivity index (χ3n) is 0.338. The molecule has 0 spiro atoms. The molecular formula is C2H9KO4Si. The van der Waals surface area contributed by atoms with Gasteiger partial charge in [0.25, 0.3) is 0 Å². The van der Waals surface area contributed by atoms with Crippen molar-refractivity contribution in [1.29, 1.82) is 0 Å².